The largest absolute Gasteiger partial charge is 0.496 e. The van der Waals surface area contributed by atoms with Gasteiger partial charge in [0.1, 0.15) is 5.75 Å². The molecule has 0 saturated carbocycles. The van der Waals surface area contributed by atoms with Crippen LogP contribution in [-0.4, -0.2) is 55.4 Å². The van der Waals surface area contributed by atoms with Crippen LogP contribution in [0.15, 0.2) is 78.9 Å². The molecule has 6 rings (SSSR count). The van der Waals surface area contributed by atoms with Crippen molar-refractivity contribution < 1.29 is 17.7 Å². The summed E-state index contributed by atoms with van der Waals surface area (Å²) in [7, 11) is -2.63. The molecule has 2 atom stereocenters. The SMILES string of the molecule is CCc1ccc(OC)c(CN[C@H]2C3CCN(CC3)[C@@]2(CS(=O)(=O)O)C(c2ccccc2)c2ccccc2)c1. The Morgan fingerprint density at radius 1 is 1.00 bits per heavy atom. The van der Waals surface area contributed by atoms with Crippen molar-refractivity contribution in [3.63, 3.8) is 0 Å². The van der Waals surface area contributed by atoms with Crippen LogP contribution >= 0.6 is 0 Å². The summed E-state index contributed by atoms with van der Waals surface area (Å²) in [4.78, 5) is 2.34. The van der Waals surface area contributed by atoms with Gasteiger partial charge in [-0.1, -0.05) is 79.7 Å². The molecular formula is C31H38N2O4S. The highest BCUT2D eigenvalue weighted by Crippen LogP contribution is 2.50. The zero-order chi connectivity index (χ0) is 26.8. The molecule has 0 amide bonds. The van der Waals surface area contributed by atoms with Crippen LogP contribution in [-0.2, 0) is 23.1 Å². The molecule has 2 N–H and O–H groups in total. The van der Waals surface area contributed by atoms with Crippen molar-refractivity contribution in [2.24, 2.45) is 5.92 Å². The van der Waals surface area contributed by atoms with Crippen LogP contribution in [0.3, 0.4) is 0 Å². The van der Waals surface area contributed by atoms with Crippen LogP contribution in [0, 0.1) is 5.92 Å². The number of nitrogens with zero attached hydrogens (tertiary/aromatic N) is 1. The van der Waals surface area contributed by atoms with Gasteiger partial charge in [0, 0.05) is 24.1 Å². The van der Waals surface area contributed by atoms with Crippen LogP contribution < -0.4 is 10.1 Å². The standard InChI is InChI=1S/C31H38N2O4S/c1-3-23-14-15-28(37-2)27(20-23)21-32-30-26-16-18-33(19-17-26)31(30,22-38(34,35)36)29(24-10-6-4-7-11-24)25-12-8-5-9-13-25/h4-15,20,26,29-30,32H,3,16-19,21-22H2,1-2H3,(H,34,35,36)/t30-,31-/m0/s1. The van der Waals surface area contributed by atoms with E-state index in [-0.39, 0.29) is 23.6 Å². The molecule has 38 heavy (non-hydrogen) atoms. The van der Waals surface area contributed by atoms with Crippen molar-refractivity contribution in [3.8, 4) is 5.75 Å². The number of methoxy groups -OCH3 is 1. The number of benzene rings is 3. The van der Waals surface area contributed by atoms with Gasteiger partial charge < -0.3 is 10.1 Å². The molecule has 3 saturated heterocycles. The van der Waals surface area contributed by atoms with Crippen LogP contribution in [0.25, 0.3) is 0 Å². The molecule has 3 aromatic carbocycles. The average Bonchev–Trinajstić information content (AvgIpc) is 2.93. The van der Waals surface area contributed by atoms with E-state index in [0.29, 0.717) is 6.54 Å². The van der Waals surface area contributed by atoms with Gasteiger partial charge in [-0.25, -0.2) is 0 Å². The molecule has 3 heterocycles. The summed E-state index contributed by atoms with van der Waals surface area (Å²) in [5.74, 6) is 0.515. The highest BCUT2D eigenvalue weighted by atomic mass is 32.2. The molecule has 7 heteroatoms. The maximum absolute atomic E-state index is 12.8. The summed E-state index contributed by atoms with van der Waals surface area (Å²) in [6, 6.07) is 26.4. The van der Waals surface area contributed by atoms with Gasteiger partial charge in [-0.15, -0.1) is 0 Å². The predicted molar refractivity (Wildman–Crippen MR) is 151 cm³/mol. The minimum Gasteiger partial charge on any atom is -0.496 e. The van der Waals surface area contributed by atoms with Crippen molar-refractivity contribution in [1.82, 2.24) is 10.2 Å². The van der Waals surface area contributed by atoms with E-state index in [9.17, 15) is 13.0 Å². The first kappa shape index (κ1) is 26.9. The molecule has 202 valence electrons. The second-order valence-corrected chi connectivity index (χ2v) is 12.1. The molecule has 3 aromatic rings. The Hall–Kier alpha value is -2.71. The Balaban J connectivity index is 1.65. The summed E-state index contributed by atoms with van der Waals surface area (Å²) in [6.45, 7) is 4.30. The summed E-state index contributed by atoms with van der Waals surface area (Å²) in [5, 5.41) is 3.83. The molecular weight excluding hydrogens is 496 g/mol. The first-order valence-electron chi connectivity index (χ1n) is 13.5. The molecule has 0 spiro atoms. The van der Waals surface area contributed by atoms with Gasteiger partial charge >= 0.3 is 0 Å². The molecule has 0 aliphatic carbocycles. The highest BCUT2D eigenvalue weighted by Gasteiger charge is 2.59. The van der Waals surface area contributed by atoms with E-state index in [1.165, 1.54) is 5.56 Å². The van der Waals surface area contributed by atoms with Crippen LogP contribution in [0.2, 0.25) is 0 Å². The van der Waals surface area contributed by atoms with Gasteiger partial charge in [-0.3, -0.25) is 9.45 Å². The van der Waals surface area contributed by atoms with Gasteiger partial charge in [-0.05, 0) is 61.0 Å². The molecule has 3 aliphatic heterocycles. The smallest absolute Gasteiger partial charge is 0.266 e. The summed E-state index contributed by atoms with van der Waals surface area (Å²) in [6.07, 6.45) is 2.91. The Kier molecular flexibility index (Phi) is 7.91. The summed E-state index contributed by atoms with van der Waals surface area (Å²) in [5.41, 5.74) is 3.51. The van der Waals surface area contributed by atoms with Gasteiger partial charge in [0.15, 0.2) is 0 Å². The number of nitrogens with one attached hydrogen (secondary N) is 1. The fraction of sp³-hybridized carbons (Fsp3) is 0.419. The number of fused-ring (bicyclic) bond motifs is 3. The minimum absolute atomic E-state index is 0.160. The molecule has 3 fully saturated rings. The molecule has 0 aromatic heterocycles. The van der Waals surface area contributed by atoms with Crippen LogP contribution in [0.5, 0.6) is 5.75 Å². The average molecular weight is 535 g/mol. The Bertz CT molecular complexity index is 1290. The van der Waals surface area contributed by atoms with Gasteiger partial charge in [0.05, 0.1) is 18.4 Å². The summed E-state index contributed by atoms with van der Waals surface area (Å²) < 4.78 is 41.8. The lowest BCUT2D eigenvalue weighted by Crippen LogP contribution is -2.75. The zero-order valence-corrected chi connectivity index (χ0v) is 23.0. The molecule has 2 bridgehead atoms. The van der Waals surface area contributed by atoms with E-state index >= 15 is 0 Å². The van der Waals surface area contributed by atoms with E-state index < -0.39 is 15.7 Å². The van der Waals surface area contributed by atoms with Crippen molar-refractivity contribution in [1.29, 1.82) is 0 Å². The Morgan fingerprint density at radius 2 is 1.61 bits per heavy atom. The number of piperidine rings is 3. The predicted octanol–water partition coefficient (Wildman–Crippen LogP) is 4.90. The second kappa shape index (κ2) is 11.2. The number of rotatable bonds is 10. The number of aryl methyl sites for hydroxylation is 1. The quantitative estimate of drug-likeness (QED) is 0.360. The van der Waals surface area contributed by atoms with Crippen LogP contribution in [0.4, 0.5) is 0 Å². The normalized spacial score (nSPS) is 25.0. The Morgan fingerprint density at radius 3 is 2.13 bits per heavy atom. The van der Waals surface area contributed by atoms with Gasteiger partial charge in [0.25, 0.3) is 10.1 Å². The molecule has 6 nitrogen and oxygen atoms in total. The first-order chi connectivity index (χ1) is 18.4. The third-order valence-corrected chi connectivity index (χ3v) is 9.41. The van der Waals surface area contributed by atoms with Gasteiger partial charge in [-0.2, -0.15) is 8.42 Å². The minimum atomic E-state index is -4.31. The second-order valence-electron chi connectivity index (χ2n) is 10.7. The van der Waals surface area contributed by atoms with E-state index in [1.54, 1.807) is 7.11 Å². The third-order valence-electron chi connectivity index (χ3n) is 8.58. The third kappa shape index (κ3) is 5.25. The maximum atomic E-state index is 12.8. The van der Waals surface area contributed by atoms with E-state index in [4.69, 9.17) is 4.74 Å². The highest BCUT2D eigenvalue weighted by molar-refractivity contribution is 7.85. The van der Waals surface area contributed by atoms with Crippen molar-refractivity contribution in [3.05, 3.63) is 101 Å². The zero-order valence-electron chi connectivity index (χ0n) is 22.2. The number of hydrogen-bond acceptors (Lipinski definition) is 5. The lowest BCUT2D eigenvalue weighted by atomic mass is 9.62. The monoisotopic (exact) mass is 534 g/mol. The van der Waals surface area contributed by atoms with Crippen LogP contribution in [0.1, 0.15) is 47.9 Å². The van der Waals surface area contributed by atoms with Crippen molar-refractivity contribution in [2.45, 2.75) is 50.2 Å². The lowest BCUT2D eigenvalue weighted by molar-refractivity contribution is -0.0597. The van der Waals surface area contributed by atoms with E-state index in [1.807, 2.05) is 42.5 Å². The molecule has 3 aliphatic rings. The van der Waals surface area contributed by atoms with Gasteiger partial charge in [0.2, 0.25) is 0 Å². The van der Waals surface area contributed by atoms with E-state index in [2.05, 4.69) is 53.5 Å². The number of hydrogen-bond donors (Lipinski definition) is 2. The topological polar surface area (TPSA) is 78.9 Å². The first-order valence-corrected chi connectivity index (χ1v) is 15.2. The van der Waals surface area contributed by atoms with E-state index in [0.717, 1.165) is 54.8 Å². The molecule has 0 radical (unpaired) electrons. The Labute approximate surface area is 226 Å². The summed E-state index contributed by atoms with van der Waals surface area (Å²) >= 11 is 0. The molecule has 0 unspecified atom stereocenters. The maximum Gasteiger partial charge on any atom is 0.266 e. The fourth-order valence-electron chi connectivity index (χ4n) is 6.99. The van der Waals surface area contributed by atoms with Crippen molar-refractivity contribution in [2.75, 3.05) is 26.0 Å². The lowest BCUT2D eigenvalue weighted by Gasteiger charge is -2.62. The fourth-order valence-corrected chi connectivity index (χ4v) is 8.10. The number of ether oxygens (including phenoxy) is 1. The van der Waals surface area contributed by atoms with Crippen molar-refractivity contribution >= 4 is 10.1 Å².